The standard InChI is InChI=1S/C11H23NO2/c1-6-8(10(13)14-7-2)9(12)11(3,4)5/h8-9H,6-7,12H2,1-5H3. The van der Waals surface area contributed by atoms with E-state index in [0.717, 1.165) is 6.42 Å². The van der Waals surface area contributed by atoms with E-state index in [1.54, 1.807) is 0 Å². The van der Waals surface area contributed by atoms with Gasteiger partial charge in [0.1, 0.15) is 0 Å². The molecule has 0 aliphatic carbocycles. The molecule has 3 nitrogen and oxygen atoms in total. The number of carbonyl (C=O) groups is 1. The van der Waals surface area contributed by atoms with Crippen LogP contribution < -0.4 is 5.73 Å². The van der Waals surface area contributed by atoms with Crippen molar-refractivity contribution in [1.29, 1.82) is 0 Å². The summed E-state index contributed by atoms with van der Waals surface area (Å²) in [5, 5.41) is 0. The van der Waals surface area contributed by atoms with Gasteiger partial charge in [-0.05, 0) is 18.8 Å². The SMILES string of the molecule is CCOC(=O)C(CC)C(N)C(C)(C)C. The first kappa shape index (κ1) is 13.4. The number of esters is 1. The molecule has 0 spiro atoms. The van der Waals surface area contributed by atoms with Crippen LogP contribution in [-0.4, -0.2) is 18.6 Å². The third-order valence-electron chi connectivity index (χ3n) is 2.46. The molecule has 0 saturated heterocycles. The Morgan fingerprint density at radius 1 is 1.36 bits per heavy atom. The third-order valence-corrected chi connectivity index (χ3v) is 2.46. The van der Waals surface area contributed by atoms with Crippen molar-refractivity contribution in [2.75, 3.05) is 6.61 Å². The fourth-order valence-electron chi connectivity index (χ4n) is 1.42. The summed E-state index contributed by atoms with van der Waals surface area (Å²) in [6.07, 6.45) is 0.733. The lowest BCUT2D eigenvalue weighted by atomic mass is 9.78. The van der Waals surface area contributed by atoms with Crippen LogP contribution in [0, 0.1) is 11.3 Å². The van der Waals surface area contributed by atoms with E-state index >= 15 is 0 Å². The Hall–Kier alpha value is -0.570. The van der Waals surface area contributed by atoms with Crippen LogP contribution in [0.25, 0.3) is 0 Å². The molecule has 14 heavy (non-hydrogen) atoms. The van der Waals surface area contributed by atoms with Crippen LogP contribution in [0.4, 0.5) is 0 Å². The van der Waals surface area contributed by atoms with E-state index in [4.69, 9.17) is 10.5 Å². The van der Waals surface area contributed by atoms with Crippen LogP contribution in [0.3, 0.4) is 0 Å². The average molecular weight is 201 g/mol. The molecule has 0 saturated carbocycles. The van der Waals surface area contributed by atoms with Gasteiger partial charge in [-0.15, -0.1) is 0 Å². The second-order valence-electron chi connectivity index (χ2n) is 4.66. The molecular weight excluding hydrogens is 178 g/mol. The molecule has 0 rings (SSSR count). The first-order chi connectivity index (χ1) is 6.34. The van der Waals surface area contributed by atoms with E-state index in [1.807, 2.05) is 34.6 Å². The monoisotopic (exact) mass is 201 g/mol. The summed E-state index contributed by atoms with van der Waals surface area (Å²) in [6, 6.07) is -0.147. The highest BCUT2D eigenvalue weighted by Gasteiger charge is 2.33. The maximum absolute atomic E-state index is 11.6. The predicted molar refractivity (Wildman–Crippen MR) is 57.8 cm³/mol. The van der Waals surface area contributed by atoms with Gasteiger partial charge in [0.2, 0.25) is 0 Å². The van der Waals surface area contributed by atoms with E-state index in [0.29, 0.717) is 6.61 Å². The molecule has 2 N–H and O–H groups in total. The maximum Gasteiger partial charge on any atom is 0.310 e. The summed E-state index contributed by atoms with van der Waals surface area (Å²) in [5.41, 5.74) is 5.97. The highest BCUT2D eigenvalue weighted by molar-refractivity contribution is 5.73. The molecule has 0 amide bonds. The molecule has 0 fully saturated rings. The van der Waals surface area contributed by atoms with Crippen LogP contribution in [0.1, 0.15) is 41.0 Å². The van der Waals surface area contributed by atoms with Gasteiger partial charge in [-0.3, -0.25) is 4.79 Å². The quantitative estimate of drug-likeness (QED) is 0.707. The number of hydrogen-bond donors (Lipinski definition) is 1. The molecule has 0 aliphatic rings. The molecule has 2 unspecified atom stereocenters. The molecule has 0 aliphatic heterocycles. The topological polar surface area (TPSA) is 52.3 Å². The predicted octanol–water partition coefficient (Wildman–Crippen LogP) is 1.95. The van der Waals surface area contributed by atoms with Crippen molar-refractivity contribution in [3.63, 3.8) is 0 Å². The van der Waals surface area contributed by atoms with Crippen LogP contribution >= 0.6 is 0 Å². The molecule has 2 atom stereocenters. The van der Waals surface area contributed by atoms with Crippen molar-refractivity contribution in [3.8, 4) is 0 Å². The maximum atomic E-state index is 11.6. The Morgan fingerprint density at radius 3 is 2.14 bits per heavy atom. The fraction of sp³-hybridized carbons (Fsp3) is 0.909. The third kappa shape index (κ3) is 3.66. The van der Waals surface area contributed by atoms with Crippen LogP contribution in [0.2, 0.25) is 0 Å². The van der Waals surface area contributed by atoms with Gasteiger partial charge < -0.3 is 10.5 Å². The number of carbonyl (C=O) groups excluding carboxylic acids is 1. The van der Waals surface area contributed by atoms with Gasteiger partial charge in [0.15, 0.2) is 0 Å². The Labute approximate surface area is 87.0 Å². The van der Waals surface area contributed by atoms with Crippen molar-refractivity contribution in [3.05, 3.63) is 0 Å². The minimum Gasteiger partial charge on any atom is -0.466 e. The second-order valence-corrected chi connectivity index (χ2v) is 4.66. The van der Waals surface area contributed by atoms with Crippen molar-refractivity contribution >= 4 is 5.97 Å². The van der Waals surface area contributed by atoms with E-state index in [1.165, 1.54) is 0 Å². The number of ether oxygens (including phenoxy) is 1. The first-order valence-corrected chi connectivity index (χ1v) is 5.26. The number of nitrogens with two attached hydrogens (primary N) is 1. The smallest absolute Gasteiger partial charge is 0.310 e. The van der Waals surface area contributed by atoms with Gasteiger partial charge in [0, 0.05) is 6.04 Å². The second kappa shape index (κ2) is 5.35. The normalized spacial score (nSPS) is 16.1. The Kier molecular flexibility index (Phi) is 5.13. The molecule has 0 aromatic rings. The summed E-state index contributed by atoms with van der Waals surface area (Å²) in [5.74, 6) is -0.354. The zero-order valence-corrected chi connectivity index (χ0v) is 9.96. The zero-order valence-electron chi connectivity index (χ0n) is 9.96. The van der Waals surface area contributed by atoms with E-state index in [2.05, 4.69) is 0 Å². The Bertz CT molecular complexity index is 184. The summed E-state index contributed by atoms with van der Waals surface area (Å²) in [6.45, 7) is 10.3. The average Bonchev–Trinajstić information content (AvgIpc) is 2.04. The lowest BCUT2D eigenvalue weighted by Crippen LogP contribution is -2.45. The van der Waals surface area contributed by atoms with Crippen LogP contribution in [0.5, 0.6) is 0 Å². The lowest BCUT2D eigenvalue weighted by molar-refractivity contribution is -0.150. The van der Waals surface area contributed by atoms with Crippen molar-refractivity contribution < 1.29 is 9.53 Å². The number of rotatable bonds is 4. The molecule has 0 aromatic heterocycles. The van der Waals surface area contributed by atoms with Crippen LogP contribution in [-0.2, 0) is 9.53 Å². The lowest BCUT2D eigenvalue weighted by Gasteiger charge is -2.32. The van der Waals surface area contributed by atoms with E-state index in [-0.39, 0.29) is 23.3 Å². The summed E-state index contributed by atoms with van der Waals surface area (Å²) < 4.78 is 4.99. The van der Waals surface area contributed by atoms with E-state index < -0.39 is 0 Å². The minimum atomic E-state index is -0.185. The number of hydrogen-bond acceptors (Lipinski definition) is 3. The largest absolute Gasteiger partial charge is 0.466 e. The van der Waals surface area contributed by atoms with E-state index in [9.17, 15) is 4.79 Å². The Morgan fingerprint density at radius 2 is 1.86 bits per heavy atom. The van der Waals surface area contributed by atoms with Gasteiger partial charge in [0.05, 0.1) is 12.5 Å². The highest BCUT2D eigenvalue weighted by atomic mass is 16.5. The summed E-state index contributed by atoms with van der Waals surface area (Å²) in [4.78, 5) is 11.6. The Balaban J connectivity index is 4.48. The van der Waals surface area contributed by atoms with Gasteiger partial charge in [0.25, 0.3) is 0 Å². The molecule has 0 radical (unpaired) electrons. The van der Waals surface area contributed by atoms with Gasteiger partial charge in [-0.2, -0.15) is 0 Å². The minimum absolute atomic E-state index is 0.0621. The zero-order chi connectivity index (χ0) is 11.4. The first-order valence-electron chi connectivity index (χ1n) is 5.26. The molecular formula is C11H23NO2. The van der Waals surface area contributed by atoms with Crippen molar-refractivity contribution in [1.82, 2.24) is 0 Å². The molecule has 0 bridgehead atoms. The van der Waals surface area contributed by atoms with Gasteiger partial charge in [-0.1, -0.05) is 27.7 Å². The fourth-order valence-corrected chi connectivity index (χ4v) is 1.42. The molecule has 3 heteroatoms. The van der Waals surface area contributed by atoms with Crippen molar-refractivity contribution in [2.45, 2.75) is 47.1 Å². The van der Waals surface area contributed by atoms with Gasteiger partial charge >= 0.3 is 5.97 Å². The van der Waals surface area contributed by atoms with Gasteiger partial charge in [-0.25, -0.2) is 0 Å². The molecule has 0 aromatic carbocycles. The molecule has 84 valence electrons. The van der Waals surface area contributed by atoms with Crippen molar-refractivity contribution in [2.24, 2.45) is 17.1 Å². The molecule has 0 heterocycles. The van der Waals surface area contributed by atoms with Crippen LogP contribution in [0.15, 0.2) is 0 Å². The summed E-state index contributed by atoms with van der Waals surface area (Å²) >= 11 is 0. The summed E-state index contributed by atoms with van der Waals surface area (Å²) in [7, 11) is 0. The highest BCUT2D eigenvalue weighted by Crippen LogP contribution is 2.26.